The smallest absolute Gasteiger partial charge is 0.216 e. The average Bonchev–Trinajstić information content (AvgIpc) is 3.32. The van der Waals surface area contributed by atoms with Gasteiger partial charge in [-0.05, 0) is 24.3 Å². The van der Waals surface area contributed by atoms with Crippen molar-refractivity contribution < 1.29 is 0 Å². The zero-order valence-electron chi connectivity index (χ0n) is 12.8. The summed E-state index contributed by atoms with van der Waals surface area (Å²) in [5.74, 6) is 0. The number of H-pyrrole nitrogens is 2. The van der Waals surface area contributed by atoms with E-state index in [4.69, 9.17) is 0 Å². The second kappa shape index (κ2) is 5.13. The van der Waals surface area contributed by atoms with Crippen molar-refractivity contribution in [3.8, 4) is 0 Å². The second-order valence-corrected chi connectivity index (χ2v) is 5.78. The van der Waals surface area contributed by atoms with Gasteiger partial charge in [-0.15, -0.1) is 0 Å². The molecule has 117 valence electrons. The van der Waals surface area contributed by atoms with Crippen molar-refractivity contribution in [1.82, 2.24) is 29.6 Å². The highest BCUT2D eigenvalue weighted by atomic mass is 15.3. The molecule has 0 atom stereocenters. The van der Waals surface area contributed by atoms with Gasteiger partial charge in [0.05, 0.1) is 21.4 Å². The summed E-state index contributed by atoms with van der Waals surface area (Å²) in [7, 11) is 0. The lowest BCUT2D eigenvalue weighted by Crippen LogP contribution is -2.21. The number of nitrogens with zero attached hydrogens (tertiary/aromatic N) is 4. The van der Waals surface area contributed by atoms with Crippen LogP contribution in [0.3, 0.4) is 0 Å². The first-order valence-electron chi connectivity index (χ1n) is 7.67. The van der Waals surface area contributed by atoms with Gasteiger partial charge in [0.1, 0.15) is 6.67 Å². The fourth-order valence-corrected chi connectivity index (χ4v) is 2.81. The average molecular weight is 315 g/mol. The number of nitrogens with one attached hydrogen (secondary N) is 2. The molecule has 3 aliphatic rings. The Morgan fingerprint density at radius 2 is 1.04 bits per heavy atom. The molecule has 0 amide bonds. The minimum absolute atomic E-state index is 1.01. The molecule has 6 nitrogen and oxygen atoms in total. The quantitative estimate of drug-likeness (QED) is 0.675. The maximum absolute atomic E-state index is 3.38. The lowest BCUT2D eigenvalue weighted by Gasteiger charge is -2.12. The van der Waals surface area contributed by atoms with E-state index in [9.17, 15) is 0 Å². The van der Waals surface area contributed by atoms with Gasteiger partial charge in [-0.1, -0.05) is 0 Å². The summed E-state index contributed by atoms with van der Waals surface area (Å²) in [5.41, 5.74) is 0. The molecule has 8 bridgehead atoms. The van der Waals surface area contributed by atoms with Crippen LogP contribution in [0.4, 0.5) is 0 Å². The van der Waals surface area contributed by atoms with Crippen molar-refractivity contribution in [2.24, 2.45) is 0 Å². The Bertz CT molecular complexity index is 890. The molecule has 2 aromatic rings. The highest BCUT2D eigenvalue weighted by molar-refractivity contribution is 5.35. The van der Waals surface area contributed by atoms with Gasteiger partial charge in [-0.3, -0.25) is 0 Å². The molecule has 0 saturated heterocycles. The van der Waals surface area contributed by atoms with Crippen LogP contribution in [0.5, 0.6) is 0 Å². The van der Waals surface area contributed by atoms with Crippen LogP contribution < -0.4 is 21.4 Å². The van der Waals surface area contributed by atoms with E-state index in [0.29, 0.717) is 0 Å². The largest absolute Gasteiger partial charge is 0.353 e. The molecular formula is C18H15N6. The predicted molar refractivity (Wildman–Crippen MR) is 91.1 cm³/mol. The van der Waals surface area contributed by atoms with Crippen LogP contribution in [0.2, 0.25) is 0 Å². The van der Waals surface area contributed by atoms with E-state index >= 15 is 0 Å². The maximum atomic E-state index is 3.38. The molecule has 24 heavy (non-hydrogen) atoms. The Balaban J connectivity index is 1.62. The summed E-state index contributed by atoms with van der Waals surface area (Å²) in [6, 6.07) is 8.20. The minimum Gasteiger partial charge on any atom is -0.353 e. The molecule has 0 unspecified atom stereocenters. The zero-order chi connectivity index (χ0) is 15.9. The van der Waals surface area contributed by atoms with Crippen LogP contribution >= 0.6 is 0 Å². The molecule has 2 N–H and O–H groups in total. The molecule has 3 radical (unpaired) electrons. The number of aromatic amines is 2. The van der Waals surface area contributed by atoms with E-state index in [1.165, 1.54) is 0 Å². The van der Waals surface area contributed by atoms with Crippen LogP contribution in [0.1, 0.15) is 0 Å². The molecule has 3 aliphatic heterocycles. The number of aromatic nitrogens is 2. The highest BCUT2D eigenvalue weighted by Crippen LogP contribution is 2.12. The standard InChI is InChI=1S/C18H15N6/c1-2-16-10-22-7-8-24(14-22)12-18-4-3-17(20-18)11-23-6-5-21(13-23)9-15(1)19-16/h1-13,19-20H/b15-9-,16-10-,17-11-,18-12-. The topological polar surface area (TPSA) is 44.5 Å². The molecule has 0 saturated carbocycles. The molecule has 0 spiro atoms. The van der Waals surface area contributed by atoms with E-state index in [2.05, 4.69) is 28.8 Å². The Labute approximate surface area is 138 Å². The zero-order valence-corrected chi connectivity index (χ0v) is 12.8. The summed E-state index contributed by atoms with van der Waals surface area (Å²) in [4.78, 5) is 14.6. The molecule has 5 heterocycles. The molecule has 6 heteroatoms. The van der Waals surface area contributed by atoms with Crippen molar-refractivity contribution in [2.75, 3.05) is 0 Å². The Morgan fingerprint density at radius 1 is 0.583 bits per heavy atom. The first kappa shape index (κ1) is 13.2. The summed E-state index contributed by atoms with van der Waals surface area (Å²) in [6.45, 7) is 5.26. The van der Waals surface area contributed by atoms with E-state index in [-0.39, 0.29) is 0 Å². The third-order valence-electron chi connectivity index (χ3n) is 3.89. The first-order chi connectivity index (χ1) is 11.8. The molecule has 0 aliphatic carbocycles. The van der Waals surface area contributed by atoms with Gasteiger partial charge >= 0.3 is 0 Å². The first-order valence-corrected chi connectivity index (χ1v) is 7.67. The lowest BCUT2D eigenvalue weighted by atomic mass is 10.5. The van der Waals surface area contributed by atoms with Crippen molar-refractivity contribution in [1.29, 1.82) is 0 Å². The fourth-order valence-electron chi connectivity index (χ4n) is 2.81. The van der Waals surface area contributed by atoms with Crippen LogP contribution in [0.15, 0.2) is 49.1 Å². The fraction of sp³-hybridized carbons (Fsp3) is 0. The monoisotopic (exact) mass is 315 g/mol. The van der Waals surface area contributed by atoms with E-state index in [1.54, 1.807) is 0 Å². The normalized spacial score (nSPS) is 24.0. The summed E-state index contributed by atoms with van der Waals surface area (Å²) in [6.07, 6.45) is 16.0. The summed E-state index contributed by atoms with van der Waals surface area (Å²) in [5, 5.41) is 4.09. The summed E-state index contributed by atoms with van der Waals surface area (Å²) >= 11 is 0. The van der Waals surface area contributed by atoms with Gasteiger partial charge in [0.15, 0.2) is 0 Å². The lowest BCUT2D eigenvalue weighted by molar-refractivity contribution is 0.539. The minimum atomic E-state index is 1.01. The van der Waals surface area contributed by atoms with Crippen molar-refractivity contribution in [3.05, 3.63) is 83.8 Å². The van der Waals surface area contributed by atoms with Gasteiger partial charge in [0.2, 0.25) is 6.67 Å². The van der Waals surface area contributed by atoms with Crippen molar-refractivity contribution >= 4 is 24.8 Å². The number of hydrogen-bond acceptors (Lipinski definition) is 4. The van der Waals surface area contributed by atoms with Crippen LogP contribution in [0, 0.1) is 13.3 Å². The Morgan fingerprint density at radius 3 is 1.54 bits per heavy atom. The molecular weight excluding hydrogens is 300 g/mol. The van der Waals surface area contributed by atoms with Crippen LogP contribution in [-0.2, 0) is 0 Å². The Kier molecular flexibility index (Phi) is 2.82. The summed E-state index contributed by atoms with van der Waals surface area (Å²) < 4.78 is 0. The van der Waals surface area contributed by atoms with E-state index in [0.717, 1.165) is 21.4 Å². The molecule has 2 aromatic heterocycles. The third-order valence-corrected chi connectivity index (χ3v) is 3.89. The second-order valence-electron chi connectivity index (χ2n) is 5.78. The number of rotatable bonds is 0. The van der Waals surface area contributed by atoms with Crippen LogP contribution in [-0.4, -0.2) is 29.6 Å². The Hall–Kier alpha value is -3.28. The van der Waals surface area contributed by atoms with Gasteiger partial charge in [-0.25, -0.2) is 0 Å². The van der Waals surface area contributed by atoms with Crippen LogP contribution in [0.25, 0.3) is 24.8 Å². The van der Waals surface area contributed by atoms with Gasteiger partial charge in [0.25, 0.3) is 0 Å². The van der Waals surface area contributed by atoms with E-state index < -0.39 is 0 Å². The third kappa shape index (κ3) is 2.48. The number of fused-ring (bicyclic) bond motifs is 8. The maximum Gasteiger partial charge on any atom is 0.216 e. The van der Waals surface area contributed by atoms with Gasteiger partial charge in [0, 0.05) is 49.6 Å². The van der Waals surface area contributed by atoms with Crippen molar-refractivity contribution in [3.63, 3.8) is 0 Å². The highest BCUT2D eigenvalue weighted by Gasteiger charge is 2.11. The van der Waals surface area contributed by atoms with E-state index in [1.807, 2.05) is 88.0 Å². The van der Waals surface area contributed by atoms with Crippen molar-refractivity contribution in [2.45, 2.75) is 0 Å². The SMILES string of the molecule is [C]1N2C=CN1/C=c1/cc/c([nH]1)=C/N1[CH]N(C=C1)/C=c1/cc/c([nH]1)=C/2. The predicted octanol–water partition coefficient (Wildman–Crippen LogP) is -0.698. The number of hydrogen-bond donors (Lipinski definition) is 2. The van der Waals surface area contributed by atoms with Gasteiger partial charge < -0.3 is 29.6 Å². The molecule has 0 fully saturated rings. The van der Waals surface area contributed by atoms with Gasteiger partial charge in [-0.2, -0.15) is 0 Å². The molecule has 0 aromatic carbocycles. The molecule has 5 rings (SSSR count).